The number of imidazole rings is 1. The molecule has 0 atom stereocenters. The highest BCUT2D eigenvalue weighted by atomic mass is 35.5. The average molecular weight is 636 g/mol. The Hall–Kier alpha value is -3.35. The lowest BCUT2D eigenvalue weighted by Gasteiger charge is -2.35. The molecule has 0 radical (unpaired) electrons. The number of rotatable bonds is 11. The smallest absolute Gasteiger partial charge is 0.410 e. The van der Waals surface area contributed by atoms with Crippen LogP contribution in [0.1, 0.15) is 49.8 Å². The van der Waals surface area contributed by atoms with Crippen LogP contribution in [-0.2, 0) is 18.3 Å². The summed E-state index contributed by atoms with van der Waals surface area (Å²) < 4.78 is 7.82. The summed E-state index contributed by atoms with van der Waals surface area (Å²) in [6.45, 7) is 9.19. The fourth-order valence-electron chi connectivity index (χ4n) is 5.14. The zero-order valence-electron chi connectivity index (χ0n) is 25.1. The highest BCUT2D eigenvalue weighted by Crippen LogP contribution is 2.26. The van der Waals surface area contributed by atoms with E-state index in [-0.39, 0.29) is 17.6 Å². The zero-order chi connectivity index (χ0) is 31.1. The molecule has 2 aromatic heterocycles. The Morgan fingerprint density at radius 3 is 2.35 bits per heavy atom. The summed E-state index contributed by atoms with van der Waals surface area (Å²) in [6, 6.07) is 6.12. The van der Waals surface area contributed by atoms with Gasteiger partial charge in [0.05, 0.1) is 23.1 Å². The van der Waals surface area contributed by atoms with Crippen LogP contribution in [0.15, 0.2) is 30.6 Å². The van der Waals surface area contributed by atoms with Gasteiger partial charge in [0.25, 0.3) is 5.91 Å². The van der Waals surface area contributed by atoms with Gasteiger partial charge in [0.15, 0.2) is 0 Å². The second-order valence-electron chi connectivity index (χ2n) is 11.6. The summed E-state index contributed by atoms with van der Waals surface area (Å²) in [4.78, 5) is 44.4. The van der Waals surface area contributed by atoms with E-state index in [1.807, 2.05) is 50.6 Å². The van der Waals surface area contributed by atoms with Crippen LogP contribution in [0.4, 0.5) is 16.4 Å². The number of aryl methyl sites for hydroxylation is 1. The fourth-order valence-corrected chi connectivity index (χ4v) is 5.55. The van der Waals surface area contributed by atoms with Crippen LogP contribution in [-0.4, -0.2) is 91.7 Å². The number of carbonyl (C=O) groups is 2. The van der Waals surface area contributed by atoms with Crippen molar-refractivity contribution in [1.29, 1.82) is 0 Å². The zero-order valence-corrected chi connectivity index (χ0v) is 26.6. The van der Waals surface area contributed by atoms with E-state index in [2.05, 4.69) is 19.8 Å². The Labute approximate surface area is 261 Å². The van der Waals surface area contributed by atoms with E-state index in [1.165, 1.54) is 12.4 Å². The summed E-state index contributed by atoms with van der Waals surface area (Å²) in [6.07, 6.45) is 4.04. The lowest BCUT2D eigenvalue weighted by atomic mass is 9.96. The molecule has 0 aliphatic carbocycles. The third kappa shape index (κ3) is 8.39. The second-order valence-corrected chi connectivity index (χ2v) is 12.4. The lowest BCUT2D eigenvalue weighted by molar-refractivity contribution is 0.0187. The molecule has 1 aliphatic heterocycles. The molecule has 0 spiro atoms. The van der Waals surface area contributed by atoms with Crippen molar-refractivity contribution in [2.45, 2.75) is 45.8 Å². The highest BCUT2D eigenvalue weighted by molar-refractivity contribution is 6.18. The van der Waals surface area contributed by atoms with E-state index < -0.39 is 11.5 Å². The molecule has 1 aromatic carbocycles. The number of aromatic nitrogens is 4. The number of amides is 2. The van der Waals surface area contributed by atoms with Gasteiger partial charge in [0.1, 0.15) is 11.4 Å². The van der Waals surface area contributed by atoms with Crippen molar-refractivity contribution in [2.75, 3.05) is 54.3 Å². The van der Waals surface area contributed by atoms with E-state index in [0.29, 0.717) is 57.0 Å². The maximum atomic E-state index is 13.4. The lowest BCUT2D eigenvalue weighted by Crippen LogP contribution is -2.43. The number of hydrogen-bond acceptors (Lipinski definition) is 9. The molecule has 14 heteroatoms. The maximum absolute atomic E-state index is 13.4. The van der Waals surface area contributed by atoms with E-state index in [1.54, 1.807) is 10.4 Å². The first-order chi connectivity index (χ1) is 20.5. The van der Waals surface area contributed by atoms with Crippen molar-refractivity contribution in [3.05, 3.63) is 42.0 Å². The monoisotopic (exact) mass is 634 g/mol. The van der Waals surface area contributed by atoms with Gasteiger partial charge in [-0.2, -0.15) is 0 Å². The number of nitrogens with one attached hydrogen (secondary N) is 1. The van der Waals surface area contributed by atoms with Crippen LogP contribution in [0.5, 0.6) is 0 Å². The molecule has 0 saturated carbocycles. The minimum Gasteiger partial charge on any atom is -0.444 e. The summed E-state index contributed by atoms with van der Waals surface area (Å²) in [5.41, 5.74) is 3.93. The van der Waals surface area contributed by atoms with Crippen LogP contribution in [0, 0.1) is 5.92 Å². The van der Waals surface area contributed by atoms with Gasteiger partial charge in [0, 0.05) is 69.6 Å². The minimum atomic E-state index is -0.659. The number of nitrogens with zero attached hydrogens (tertiary/aromatic N) is 7. The van der Waals surface area contributed by atoms with E-state index >= 15 is 0 Å². The number of halogens is 2. The van der Waals surface area contributed by atoms with E-state index in [0.717, 1.165) is 35.4 Å². The van der Waals surface area contributed by atoms with Crippen LogP contribution in [0.3, 0.4) is 0 Å². The highest BCUT2D eigenvalue weighted by Gasteiger charge is 2.29. The third-order valence-corrected chi connectivity index (χ3v) is 7.73. The van der Waals surface area contributed by atoms with Gasteiger partial charge < -0.3 is 24.0 Å². The molecule has 1 fully saturated rings. The molecule has 0 bridgehead atoms. The fraction of sp³-hybridized carbons (Fsp3) is 0.552. The number of hydrogen-bond donors (Lipinski definition) is 2. The molecule has 43 heavy (non-hydrogen) atoms. The van der Waals surface area contributed by atoms with E-state index in [9.17, 15) is 9.59 Å². The predicted molar refractivity (Wildman–Crippen MR) is 167 cm³/mol. The van der Waals surface area contributed by atoms with Crippen LogP contribution in [0.2, 0.25) is 0 Å². The number of piperidine rings is 1. The van der Waals surface area contributed by atoms with Gasteiger partial charge in [0.2, 0.25) is 5.95 Å². The van der Waals surface area contributed by atoms with Crippen molar-refractivity contribution in [2.24, 2.45) is 13.0 Å². The standard InChI is InChI=1S/C29H40Cl2N8O4/c1-29(2,3)43-28(41)39(18-20-7-11-38(12-8-20)27-32-16-21(17-33-27)26(40)35-42)19-25-34-23-15-22(5-6-24(23)36(25)4)37(13-9-30)14-10-31/h5-6,15-17,20,42H,7-14,18-19H2,1-4H3,(H,35,40). The van der Waals surface area contributed by atoms with E-state index in [4.69, 9.17) is 38.1 Å². The van der Waals surface area contributed by atoms with Crippen molar-refractivity contribution < 1.29 is 19.5 Å². The quantitative estimate of drug-likeness (QED) is 0.179. The number of alkyl halides is 2. The molecule has 3 aromatic rings. The minimum absolute atomic E-state index is 0.176. The number of carbonyl (C=O) groups excluding carboxylic acids is 2. The first-order valence-electron chi connectivity index (χ1n) is 14.3. The molecule has 2 amide bonds. The average Bonchev–Trinajstić information content (AvgIpc) is 3.29. The summed E-state index contributed by atoms with van der Waals surface area (Å²) in [7, 11) is 1.96. The normalized spacial score (nSPS) is 14.2. The van der Waals surface area contributed by atoms with Crippen LogP contribution < -0.4 is 15.3 Å². The first kappa shape index (κ1) is 32.6. The number of anilines is 2. The maximum Gasteiger partial charge on any atom is 0.410 e. The van der Waals surface area contributed by atoms with Crippen molar-refractivity contribution in [1.82, 2.24) is 29.9 Å². The summed E-state index contributed by atoms with van der Waals surface area (Å²) in [5.74, 6) is 1.85. The molecule has 2 N–H and O–H groups in total. The van der Waals surface area contributed by atoms with Gasteiger partial charge in [-0.15, -0.1) is 23.2 Å². The molecule has 0 unspecified atom stereocenters. The molecular weight excluding hydrogens is 595 g/mol. The summed E-state index contributed by atoms with van der Waals surface area (Å²) in [5, 5.41) is 8.80. The van der Waals surface area contributed by atoms with Gasteiger partial charge in [-0.05, 0) is 57.7 Å². The molecule has 12 nitrogen and oxygen atoms in total. The van der Waals surface area contributed by atoms with Gasteiger partial charge >= 0.3 is 6.09 Å². The third-order valence-electron chi connectivity index (χ3n) is 7.39. The number of hydroxylamine groups is 1. The Kier molecular flexibility index (Phi) is 10.9. The molecule has 3 heterocycles. The Balaban J connectivity index is 1.48. The van der Waals surface area contributed by atoms with Gasteiger partial charge in [-0.1, -0.05) is 0 Å². The number of benzene rings is 1. The largest absolute Gasteiger partial charge is 0.444 e. The van der Waals surface area contributed by atoms with Crippen LogP contribution >= 0.6 is 23.2 Å². The topological polar surface area (TPSA) is 129 Å². The molecule has 234 valence electrons. The molecule has 4 rings (SSSR count). The Morgan fingerprint density at radius 2 is 1.77 bits per heavy atom. The SMILES string of the molecule is Cn1c(CN(CC2CCN(c3ncc(C(=O)NO)cn3)CC2)C(=O)OC(C)(C)C)nc2cc(N(CCCl)CCCl)ccc21. The summed E-state index contributed by atoms with van der Waals surface area (Å²) >= 11 is 12.0. The molecule has 1 aliphatic rings. The predicted octanol–water partition coefficient (Wildman–Crippen LogP) is 4.42. The van der Waals surface area contributed by atoms with Crippen molar-refractivity contribution in [3.8, 4) is 0 Å². The van der Waals surface area contributed by atoms with Crippen LogP contribution in [0.25, 0.3) is 11.0 Å². The number of ether oxygens (including phenoxy) is 1. The molecule has 1 saturated heterocycles. The number of fused-ring (bicyclic) bond motifs is 1. The van der Waals surface area contributed by atoms with Gasteiger partial charge in [-0.25, -0.2) is 25.2 Å². The second kappa shape index (κ2) is 14.4. The van der Waals surface area contributed by atoms with Gasteiger partial charge in [-0.3, -0.25) is 10.0 Å². The Bertz CT molecular complexity index is 1380. The van der Waals surface area contributed by atoms with Crippen molar-refractivity contribution in [3.63, 3.8) is 0 Å². The molecular formula is C29H40Cl2N8O4. The Morgan fingerprint density at radius 1 is 1.12 bits per heavy atom. The first-order valence-corrected chi connectivity index (χ1v) is 15.4. The van der Waals surface area contributed by atoms with Crippen molar-refractivity contribution >= 4 is 57.9 Å².